The second-order valence-corrected chi connectivity index (χ2v) is 13.9. The summed E-state index contributed by atoms with van der Waals surface area (Å²) in [6, 6.07) is 7.89. The minimum Gasteiger partial charge on any atom is -0.444 e. The number of anilines is 3. The Bertz CT molecular complexity index is 1600. The number of aromatic nitrogens is 3. The van der Waals surface area contributed by atoms with Crippen LogP contribution in [0.4, 0.5) is 22.1 Å². The Kier molecular flexibility index (Phi) is 12.8. The number of alkyl carbamates (subject to hydrolysis) is 1. The van der Waals surface area contributed by atoms with Crippen LogP contribution in [-0.2, 0) is 19.0 Å². The van der Waals surface area contributed by atoms with Crippen LogP contribution in [0, 0.1) is 5.92 Å². The second kappa shape index (κ2) is 17.4. The van der Waals surface area contributed by atoms with Crippen LogP contribution < -0.4 is 21.3 Å². The van der Waals surface area contributed by atoms with Gasteiger partial charge in [0.05, 0.1) is 43.2 Å². The van der Waals surface area contributed by atoms with Crippen molar-refractivity contribution in [2.24, 2.45) is 5.92 Å². The number of amides is 3. The first-order valence-corrected chi connectivity index (χ1v) is 17.5. The minimum atomic E-state index is -0.537. The lowest BCUT2D eigenvalue weighted by Gasteiger charge is -2.31. The van der Waals surface area contributed by atoms with Crippen LogP contribution in [-0.4, -0.2) is 102 Å². The van der Waals surface area contributed by atoms with E-state index in [1.165, 1.54) is 0 Å². The molecule has 14 heteroatoms. The monoisotopic (exact) mass is 690 g/mol. The number of carbonyl (C=O) groups is 3. The van der Waals surface area contributed by atoms with Crippen molar-refractivity contribution in [3.63, 3.8) is 0 Å². The van der Waals surface area contributed by atoms with Gasteiger partial charge in [0.25, 0.3) is 5.91 Å². The summed E-state index contributed by atoms with van der Waals surface area (Å²) < 4.78 is 16.3. The standard InChI is InChI=1S/C36H50N8O6/c1-36(2,3)50-35(47)38-15-17-48-19-20-49-18-16-44(4)34(46)24-5-8-27(9-6-24)41-33(45)28-23-39-32(21-30(28)40-26-10-11-26)43-31-12-7-25-22-37-14-13-29(25)42-31/h7,12-14,21-24,26-27H,5-6,8-11,15-20H2,1-4H3,(H,38,47)(H,41,45)(H2,39,40,42,43)/t24-,27-. The van der Waals surface area contributed by atoms with Crippen molar-refractivity contribution in [1.29, 1.82) is 0 Å². The molecule has 2 saturated carbocycles. The average Bonchev–Trinajstić information content (AvgIpc) is 3.90. The third-order valence-corrected chi connectivity index (χ3v) is 8.48. The van der Waals surface area contributed by atoms with Crippen molar-refractivity contribution in [3.05, 3.63) is 48.4 Å². The molecule has 270 valence electrons. The van der Waals surface area contributed by atoms with Crippen LogP contribution in [0.1, 0.15) is 69.7 Å². The molecule has 5 rings (SSSR count). The van der Waals surface area contributed by atoms with E-state index in [0.717, 1.165) is 42.3 Å². The van der Waals surface area contributed by atoms with E-state index in [4.69, 9.17) is 14.2 Å². The Morgan fingerprint density at radius 3 is 2.38 bits per heavy atom. The van der Waals surface area contributed by atoms with Crippen molar-refractivity contribution in [2.75, 3.05) is 57.2 Å². The predicted octanol–water partition coefficient (Wildman–Crippen LogP) is 4.65. The number of pyridine rings is 3. The molecule has 2 aliphatic carbocycles. The van der Waals surface area contributed by atoms with Crippen LogP contribution in [0.25, 0.3) is 10.9 Å². The molecule has 14 nitrogen and oxygen atoms in total. The van der Waals surface area contributed by atoms with E-state index in [9.17, 15) is 14.4 Å². The molecular weight excluding hydrogens is 640 g/mol. The maximum atomic E-state index is 13.4. The number of ether oxygens (including phenoxy) is 3. The summed E-state index contributed by atoms with van der Waals surface area (Å²) in [7, 11) is 1.80. The van der Waals surface area contributed by atoms with E-state index < -0.39 is 11.7 Å². The number of likely N-dealkylation sites (N-methyl/N-ethyl adjacent to an activating group) is 1. The molecule has 0 radical (unpaired) electrons. The Labute approximate surface area is 293 Å². The molecule has 0 aromatic carbocycles. The third-order valence-electron chi connectivity index (χ3n) is 8.48. The molecule has 3 amide bonds. The van der Waals surface area contributed by atoms with E-state index in [2.05, 4.69) is 36.2 Å². The topological polar surface area (TPSA) is 169 Å². The van der Waals surface area contributed by atoms with Crippen LogP contribution in [0.2, 0.25) is 0 Å². The first-order valence-electron chi connectivity index (χ1n) is 17.5. The summed E-state index contributed by atoms with van der Waals surface area (Å²) in [5.74, 6) is 1.10. The lowest BCUT2D eigenvalue weighted by molar-refractivity contribution is -0.136. The molecule has 2 fully saturated rings. The van der Waals surface area contributed by atoms with E-state index in [1.54, 1.807) is 30.5 Å². The van der Waals surface area contributed by atoms with Gasteiger partial charge >= 0.3 is 6.09 Å². The summed E-state index contributed by atoms with van der Waals surface area (Å²) >= 11 is 0. The Hall–Kier alpha value is -4.56. The average molecular weight is 691 g/mol. The van der Waals surface area contributed by atoms with E-state index in [-0.39, 0.29) is 23.8 Å². The molecule has 0 unspecified atom stereocenters. The van der Waals surface area contributed by atoms with Gasteiger partial charge in [-0.2, -0.15) is 0 Å². The largest absolute Gasteiger partial charge is 0.444 e. The maximum absolute atomic E-state index is 13.4. The summed E-state index contributed by atoms with van der Waals surface area (Å²) in [4.78, 5) is 53.2. The van der Waals surface area contributed by atoms with Gasteiger partial charge in [0.2, 0.25) is 5.91 Å². The van der Waals surface area contributed by atoms with Gasteiger partial charge in [-0.15, -0.1) is 0 Å². The molecule has 0 saturated heterocycles. The van der Waals surface area contributed by atoms with Gasteiger partial charge in [-0.05, 0) is 77.5 Å². The third kappa shape index (κ3) is 11.5. The van der Waals surface area contributed by atoms with Gasteiger partial charge in [-0.1, -0.05) is 0 Å². The van der Waals surface area contributed by atoms with E-state index >= 15 is 0 Å². The van der Waals surface area contributed by atoms with Gasteiger partial charge in [-0.25, -0.2) is 14.8 Å². The number of fused-ring (bicyclic) bond motifs is 1. The number of hydrogen-bond acceptors (Lipinski definition) is 11. The fraction of sp³-hybridized carbons (Fsp3) is 0.556. The van der Waals surface area contributed by atoms with Crippen molar-refractivity contribution < 1.29 is 28.6 Å². The van der Waals surface area contributed by atoms with Gasteiger partial charge < -0.3 is 40.4 Å². The molecule has 0 bridgehead atoms. The van der Waals surface area contributed by atoms with Gasteiger partial charge in [0.15, 0.2) is 0 Å². The number of nitrogens with one attached hydrogen (secondary N) is 4. The van der Waals surface area contributed by atoms with Gasteiger partial charge in [-0.3, -0.25) is 14.6 Å². The summed E-state index contributed by atoms with van der Waals surface area (Å²) in [5.41, 5.74) is 1.53. The maximum Gasteiger partial charge on any atom is 0.407 e. The van der Waals surface area contributed by atoms with Crippen LogP contribution in [0.5, 0.6) is 0 Å². The van der Waals surface area contributed by atoms with Crippen LogP contribution in [0.15, 0.2) is 42.9 Å². The lowest BCUT2D eigenvalue weighted by Crippen LogP contribution is -2.42. The number of carbonyl (C=O) groups excluding carboxylic acids is 3. The molecule has 0 spiro atoms. The summed E-state index contributed by atoms with van der Waals surface area (Å²) in [6.07, 6.45) is 9.63. The lowest BCUT2D eigenvalue weighted by atomic mass is 9.85. The predicted molar refractivity (Wildman–Crippen MR) is 190 cm³/mol. The number of nitrogens with zero attached hydrogens (tertiary/aromatic N) is 4. The van der Waals surface area contributed by atoms with Crippen LogP contribution >= 0.6 is 0 Å². The van der Waals surface area contributed by atoms with E-state index in [0.29, 0.717) is 75.6 Å². The van der Waals surface area contributed by atoms with Gasteiger partial charge in [0.1, 0.15) is 17.2 Å². The van der Waals surface area contributed by atoms with E-state index in [1.807, 2.05) is 45.0 Å². The fourth-order valence-corrected chi connectivity index (χ4v) is 5.67. The van der Waals surface area contributed by atoms with Crippen molar-refractivity contribution in [1.82, 2.24) is 30.5 Å². The molecule has 50 heavy (non-hydrogen) atoms. The van der Waals surface area contributed by atoms with Crippen molar-refractivity contribution in [3.8, 4) is 0 Å². The molecule has 2 aliphatic rings. The zero-order chi connectivity index (χ0) is 35.5. The van der Waals surface area contributed by atoms with Crippen LogP contribution in [0.3, 0.4) is 0 Å². The smallest absolute Gasteiger partial charge is 0.407 e. The molecule has 3 heterocycles. The molecule has 0 aliphatic heterocycles. The second-order valence-electron chi connectivity index (χ2n) is 13.9. The normalized spacial score (nSPS) is 17.5. The highest BCUT2D eigenvalue weighted by molar-refractivity contribution is 6.00. The molecule has 3 aromatic rings. The quantitative estimate of drug-likeness (QED) is 0.154. The molecular formula is C36H50N8O6. The highest BCUT2D eigenvalue weighted by Gasteiger charge is 2.30. The first-order chi connectivity index (χ1) is 24.0. The Balaban J connectivity index is 1.00. The summed E-state index contributed by atoms with van der Waals surface area (Å²) in [5, 5.41) is 13.5. The Morgan fingerprint density at radius 1 is 0.900 bits per heavy atom. The zero-order valence-corrected chi connectivity index (χ0v) is 29.5. The van der Waals surface area contributed by atoms with Gasteiger partial charge in [0, 0.05) is 68.2 Å². The minimum absolute atomic E-state index is 0.0117. The zero-order valence-electron chi connectivity index (χ0n) is 29.5. The molecule has 3 aromatic heterocycles. The number of rotatable bonds is 16. The van der Waals surface area contributed by atoms with Crippen molar-refractivity contribution >= 4 is 46.1 Å². The highest BCUT2D eigenvalue weighted by Crippen LogP contribution is 2.30. The van der Waals surface area contributed by atoms with Crippen molar-refractivity contribution in [2.45, 2.75) is 77.0 Å². The molecule has 4 N–H and O–H groups in total. The summed E-state index contributed by atoms with van der Waals surface area (Å²) in [6.45, 7) is 7.81. The molecule has 0 atom stereocenters. The number of hydrogen-bond donors (Lipinski definition) is 4. The fourth-order valence-electron chi connectivity index (χ4n) is 5.67. The highest BCUT2D eigenvalue weighted by atomic mass is 16.6. The first kappa shape index (κ1) is 36.7. The Morgan fingerprint density at radius 2 is 1.64 bits per heavy atom. The SMILES string of the molecule is CN(CCOCCOCCNC(=O)OC(C)(C)C)C(=O)[C@H]1CC[C@H](NC(=O)c2cnc(Nc3ccc4cnccc4n3)cc2NC2CC2)CC1.